The zero-order valence-corrected chi connectivity index (χ0v) is 17.8. The largest absolute Gasteiger partial charge is 0.492 e. The average Bonchev–Trinajstić information content (AvgIpc) is 2.69. The average molecular weight is 399 g/mol. The van der Waals surface area contributed by atoms with Gasteiger partial charge in [-0.1, -0.05) is 45.0 Å². The first-order valence-electron chi connectivity index (χ1n) is 9.62. The highest BCUT2D eigenvalue weighted by atomic mass is 16.5. The van der Waals surface area contributed by atoms with Crippen LogP contribution in [0.25, 0.3) is 0 Å². The van der Waals surface area contributed by atoms with Gasteiger partial charge in [0.15, 0.2) is 6.61 Å². The van der Waals surface area contributed by atoms with Gasteiger partial charge in [-0.05, 0) is 35.2 Å². The summed E-state index contributed by atoms with van der Waals surface area (Å²) < 4.78 is 11.2. The van der Waals surface area contributed by atoms with Crippen LogP contribution in [-0.4, -0.2) is 50.6 Å². The molecule has 0 bridgehead atoms. The number of nitrogens with one attached hydrogen (secondary N) is 1. The Hall–Kier alpha value is -3.02. The lowest BCUT2D eigenvalue weighted by Gasteiger charge is -2.19. The Morgan fingerprint density at radius 3 is 2.24 bits per heavy atom. The van der Waals surface area contributed by atoms with Crippen molar-refractivity contribution in [2.75, 3.05) is 33.9 Å². The highest BCUT2D eigenvalue weighted by Crippen LogP contribution is 2.24. The Kier molecular flexibility index (Phi) is 7.65. The summed E-state index contributed by atoms with van der Waals surface area (Å²) in [6, 6.07) is 14.8. The number of nitrogens with zero attached hydrogens (tertiary/aromatic N) is 1. The maximum atomic E-state index is 12.5. The highest BCUT2D eigenvalue weighted by Gasteiger charge is 2.14. The van der Waals surface area contributed by atoms with E-state index in [2.05, 4.69) is 38.2 Å². The van der Waals surface area contributed by atoms with Crippen molar-refractivity contribution in [3.63, 3.8) is 0 Å². The Morgan fingerprint density at radius 2 is 1.62 bits per heavy atom. The summed E-state index contributed by atoms with van der Waals surface area (Å²) in [4.78, 5) is 25.6. The molecule has 0 saturated heterocycles. The van der Waals surface area contributed by atoms with Gasteiger partial charge in [0.05, 0.1) is 12.1 Å². The van der Waals surface area contributed by atoms with Crippen LogP contribution in [0.3, 0.4) is 0 Å². The summed E-state index contributed by atoms with van der Waals surface area (Å²) in [5, 5.41) is 2.82. The Balaban J connectivity index is 1.84. The molecule has 0 spiro atoms. The molecule has 2 rings (SSSR count). The van der Waals surface area contributed by atoms with E-state index in [-0.39, 0.29) is 23.8 Å². The monoisotopic (exact) mass is 398 g/mol. The molecule has 1 N–H and O–H groups in total. The van der Waals surface area contributed by atoms with E-state index in [1.165, 1.54) is 10.5 Å². The number of ether oxygens (including phenoxy) is 2. The maximum absolute atomic E-state index is 12.5. The van der Waals surface area contributed by atoms with Crippen molar-refractivity contribution in [1.82, 2.24) is 10.2 Å². The molecule has 2 amide bonds. The summed E-state index contributed by atoms with van der Waals surface area (Å²) in [5.41, 5.74) is 1.72. The Morgan fingerprint density at radius 1 is 0.966 bits per heavy atom. The van der Waals surface area contributed by atoms with Crippen molar-refractivity contribution in [1.29, 1.82) is 0 Å². The van der Waals surface area contributed by atoms with Gasteiger partial charge in [0.1, 0.15) is 18.1 Å². The molecule has 6 nitrogen and oxygen atoms in total. The molecule has 0 aliphatic carbocycles. The fraction of sp³-hybridized carbons (Fsp3) is 0.391. The molecule has 0 aliphatic heterocycles. The van der Waals surface area contributed by atoms with Gasteiger partial charge in [-0.2, -0.15) is 0 Å². The minimum absolute atomic E-state index is 0.0964. The smallest absolute Gasteiger partial charge is 0.259 e. The second kappa shape index (κ2) is 9.96. The third-order valence-corrected chi connectivity index (χ3v) is 4.36. The standard InChI is InChI=1S/C23H30N2O4/c1-23(2,3)17-10-12-18(13-11-17)28-15-14-24-22(27)19-8-6-7-9-20(19)29-16-21(26)25(4)5/h6-13H,14-16H2,1-5H3,(H,24,27). The molecule has 0 unspecified atom stereocenters. The lowest BCUT2D eigenvalue weighted by Crippen LogP contribution is -2.30. The van der Waals surface area contributed by atoms with E-state index in [0.29, 0.717) is 24.5 Å². The van der Waals surface area contributed by atoms with E-state index in [4.69, 9.17) is 9.47 Å². The number of amides is 2. The van der Waals surface area contributed by atoms with E-state index >= 15 is 0 Å². The van der Waals surface area contributed by atoms with Gasteiger partial charge in [0, 0.05) is 14.1 Å². The predicted molar refractivity (Wildman–Crippen MR) is 114 cm³/mol. The van der Waals surface area contributed by atoms with Crippen LogP contribution in [0.1, 0.15) is 36.7 Å². The molecule has 2 aromatic rings. The SMILES string of the molecule is CN(C)C(=O)COc1ccccc1C(=O)NCCOc1ccc(C(C)(C)C)cc1. The number of hydrogen-bond acceptors (Lipinski definition) is 4. The zero-order valence-electron chi connectivity index (χ0n) is 17.8. The first kappa shape index (κ1) is 22.3. The fourth-order valence-electron chi connectivity index (χ4n) is 2.53. The van der Waals surface area contributed by atoms with Gasteiger partial charge < -0.3 is 19.7 Å². The number of carbonyl (C=O) groups excluding carboxylic acids is 2. The van der Waals surface area contributed by atoms with E-state index in [1.807, 2.05) is 12.1 Å². The summed E-state index contributed by atoms with van der Waals surface area (Å²) in [6.45, 7) is 7.07. The first-order valence-corrected chi connectivity index (χ1v) is 9.62. The third-order valence-electron chi connectivity index (χ3n) is 4.36. The molecular weight excluding hydrogens is 368 g/mol. The first-order chi connectivity index (χ1) is 13.7. The summed E-state index contributed by atoms with van der Waals surface area (Å²) in [7, 11) is 3.31. The van der Waals surface area contributed by atoms with Gasteiger partial charge in [-0.25, -0.2) is 0 Å². The molecule has 0 heterocycles. The van der Waals surface area contributed by atoms with Crippen molar-refractivity contribution in [2.45, 2.75) is 26.2 Å². The normalized spacial score (nSPS) is 10.9. The number of carbonyl (C=O) groups is 2. The van der Waals surface area contributed by atoms with Crippen molar-refractivity contribution in [3.05, 3.63) is 59.7 Å². The summed E-state index contributed by atoms with van der Waals surface area (Å²) in [6.07, 6.45) is 0. The number of rotatable bonds is 8. The molecule has 6 heteroatoms. The predicted octanol–water partition coefficient (Wildman–Crippen LogP) is 3.26. The van der Waals surface area contributed by atoms with Crippen LogP contribution in [0.5, 0.6) is 11.5 Å². The molecular formula is C23H30N2O4. The number of benzene rings is 2. The lowest BCUT2D eigenvalue weighted by atomic mass is 9.87. The van der Waals surface area contributed by atoms with Crippen LogP contribution in [0.15, 0.2) is 48.5 Å². The number of para-hydroxylation sites is 1. The van der Waals surface area contributed by atoms with Gasteiger partial charge in [0.2, 0.25) is 0 Å². The second-order valence-corrected chi connectivity index (χ2v) is 7.95. The van der Waals surface area contributed by atoms with Crippen LogP contribution in [0.2, 0.25) is 0 Å². The van der Waals surface area contributed by atoms with Gasteiger partial charge in [-0.3, -0.25) is 9.59 Å². The Labute approximate surface area is 172 Å². The van der Waals surface area contributed by atoms with E-state index in [1.54, 1.807) is 38.4 Å². The molecule has 29 heavy (non-hydrogen) atoms. The van der Waals surface area contributed by atoms with E-state index in [9.17, 15) is 9.59 Å². The summed E-state index contributed by atoms with van der Waals surface area (Å²) >= 11 is 0. The fourth-order valence-corrected chi connectivity index (χ4v) is 2.53. The summed E-state index contributed by atoms with van der Waals surface area (Å²) in [5.74, 6) is 0.688. The lowest BCUT2D eigenvalue weighted by molar-refractivity contribution is -0.130. The Bertz CT molecular complexity index is 824. The molecule has 0 aromatic heterocycles. The van der Waals surface area contributed by atoms with Crippen LogP contribution < -0.4 is 14.8 Å². The van der Waals surface area contributed by atoms with Crippen molar-refractivity contribution in [3.8, 4) is 11.5 Å². The van der Waals surface area contributed by atoms with Crippen LogP contribution in [-0.2, 0) is 10.2 Å². The van der Waals surface area contributed by atoms with Crippen molar-refractivity contribution >= 4 is 11.8 Å². The van der Waals surface area contributed by atoms with Crippen LogP contribution >= 0.6 is 0 Å². The number of likely N-dealkylation sites (N-methyl/N-ethyl adjacent to an activating group) is 1. The molecule has 0 saturated carbocycles. The molecule has 156 valence electrons. The van der Waals surface area contributed by atoms with Crippen molar-refractivity contribution < 1.29 is 19.1 Å². The molecule has 0 aliphatic rings. The van der Waals surface area contributed by atoms with Gasteiger partial charge in [0.25, 0.3) is 11.8 Å². The van der Waals surface area contributed by atoms with Gasteiger partial charge in [-0.15, -0.1) is 0 Å². The molecule has 0 radical (unpaired) electrons. The van der Waals surface area contributed by atoms with E-state index < -0.39 is 0 Å². The highest BCUT2D eigenvalue weighted by molar-refractivity contribution is 5.97. The van der Waals surface area contributed by atoms with Crippen LogP contribution in [0, 0.1) is 0 Å². The molecule has 0 fully saturated rings. The minimum Gasteiger partial charge on any atom is -0.492 e. The maximum Gasteiger partial charge on any atom is 0.259 e. The quantitative estimate of drug-likeness (QED) is 0.693. The molecule has 0 atom stereocenters. The van der Waals surface area contributed by atoms with Gasteiger partial charge >= 0.3 is 0 Å². The minimum atomic E-state index is -0.274. The molecule has 2 aromatic carbocycles. The van der Waals surface area contributed by atoms with E-state index in [0.717, 1.165) is 5.75 Å². The topological polar surface area (TPSA) is 67.9 Å². The number of hydrogen-bond donors (Lipinski definition) is 1. The zero-order chi connectivity index (χ0) is 21.4. The third kappa shape index (κ3) is 6.82. The van der Waals surface area contributed by atoms with Crippen LogP contribution in [0.4, 0.5) is 0 Å². The second-order valence-electron chi connectivity index (χ2n) is 7.95. The van der Waals surface area contributed by atoms with Crippen molar-refractivity contribution in [2.24, 2.45) is 0 Å².